The fourth-order valence-electron chi connectivity index (χ4n) is 1.95. The smallest absolute Gasteiger partial charge is 0.279 e. The van der Waals surface area contributed by atoms with E-state index < -0.39 is 10.2 Å². The molecule has 1 fully saturated rings. The lowest BCUT2D eigenvalue weighted by Crippen LogP contribution is -2.47. The minimum absolute atomic E-state index is 0.192. The van der Waals surface area contributed by atoms with Crippen LogP contribution in [0.25, 0.3) is 0 Å². The molecule has 0 saturated carbocycles. The standard InChI is InChI=1S/C13H20N2O5S/c1-18-12-4-2-3-5-13(12)20-9-6-14-21(16,17)15-7-10-19-11-8-15/h2-5,14H,6-11H2,1H3. The molecule has 0 atom stereocenters. The summed E-state index contributed by atoms with van der Waals surface area (Å²) in [6.45, 7) is 2.03. The van der Waals surface area contributed by atoms with Crippen LogP contribution in [0.2, 0.25) is 0 Å². The third-order valence-corrected chi connectivity index (χ3v) is 4.64. The molecule has 0 aliphatic carbocycles. The zero-order valence-electron chi connectivity index (χ0n) is 11.9. The summed E-state index contributed by atoms with van der Waals surface area (Å²) in [6.07, 6.45) is 0. The molecule has 8 heteroatoms. The number of hydrogen-bond donors (Lipinski definition) is 1. The van der Waals surface area contributed by atoms with Crippen LogP contribution in [0.1, 0.15) is 0 Å². The predicted octanol–water partition coefficient (Wildman–Crippen LogP) is 0.241. The van der Waals surface area contributed by atoms with Crippen LogP contribution in [0.3, 0.4) is 0 Å². The summed E-state index contributed by atoms with van der Waals surface area (Å²) in [7, 11) is -1.90. The van der Waals surface area contributed by atoms with E-state index in [1.807, 2.05) is 12.1 Å². The van der Waals surface area contributed by atoms with Crippen LogP contribution in [0, 0.1) is 0 Å². The summed E-state index contributed by atoms with van der Waals surface area (Å²) in [5.74, 6) is 1.21. The number of nitrogens with one attached hydrogen (secondary N) is 1. The van der Waals surface area contributed by atoms with Crippen LogP contribution in [0.15, 0.2) is 24.3 Å². The zero-order chi connectivity index (χ0) is 15.1. The lowest BCUT2D eigenvalue weighted by Gasteiger charge is -2.26. The van der Waals surface area contributed by atoms with Gasteiger partial charge in [-0.3, -0.25) is 0 Å². The number of morpholine rings is 1. The van der Waals surface area contributed by atoms with E-state index in [1.54, 1.807) is 19.2 Å². The lowest BCUT2D eigenvalue weighted by molar-refractivity contribution is 0.0724. The molecule has 1 aromatic carbocycles. The predicted molar refractivity (Wildman–Crippen MR) is 77.8 cm³/mol. The highest BCUT2D eigenvalue weighted by Gasteiger charge is 2.23. The topological polar surface area (TPSA) is 77.1 Å². The van der Waals surface area contributed by atoms with E-state index in [1.165, 1.54) is 4.31 Å². The van der Waals surface area contributed by atoms with Gasteiger partial charge in [0.15, 0.2) is 11.5 Å². The molecular weight excluding hydrogens is 296 g/mol. The fraction of sp³-hybridized carbons (Fsp3) is 0.538. The van der Waals surface area contributed by atoms with Gasteiger partial charge in [0.2, 0.25) is 0 Å². The first-order chi connectivity index (χ1) is 10.1. The highest BCUT2D eigenvalue weighted by Crippen LogP contribution is 2.25. The van der Waals surface area contributed by atoms with Gasteiger partial charge in [-0.1, -0.05) is 12.1 Å². The highest BCUT2D eigenvalue weighted by molar-refractivity contribution is 7.87. The molecular formula is C13H20N2O5S. The third-order valence-electron chi connectivity index (χ3n) is 3.02. The van der Waals surface area contributed by atoms with Gasteiger partial charge in [0, 0.05) is 19.6 Å². The lowest BCUT2D eigenvalue weighted by atomic mass is 10.3. The molecule has 1 saturated heterocycles. The molecule has 1 heterocycles. The Bertz CT molecular complexity index is 543. The molecule has 7 nitrogen and oxygen atoms in total. The van der Waals surface area contributed by atoms with Crippen LogP contribution < -0.4 is 14.2 Å². The zero-order valence-corrected chi connectivity index (χ0v) is 12.8. The van der Waals surface area contributed by atoms with Gasteiger partial charge in [-0.2, -0.15) is 17.4 Å². The molecule has 1 aromatic rings. The molecule has 0 aromatic heterocycles. The second-order valence-electron chi connectivity index (χ2n) is 4.41. The Morgan fingerprint density at radius 2 is 1.90 bits per heavy atom. The molecule has 1 aliphatic rings. The average Bonchev–Trinajstić information content (AvgIpc) is 2.53. The average molecular weight is 316 g/mol. The number of para-hydroxylation sites is 2. The summed E-state index contributed by atoms with van der Waals surface area (Å²) in [4.78, 5) is 0. The van der Waals surface area contributed by atoms with E-state index in [2.05, 4.69) is 4.72 Å². The summed E-state index contributed by atoms with van der Waals surface area (Å²) >= 11 is 0. The maximum absolute atomic E-state index is 12.0. The van der Waals surface area contributed by atoms with E-state index in [9.17, 15) is 8.42 Å². The molecule has 0 radical (unpaired) electrons. The van der Waals surface area contributed by atoms with E-state index in [-0.39, 0.29) is 13.2 Å². The molecule has 21 heavy (non-hydrogen) atoms. The summed E-state index contributed by atoms with van der Waals surface area (Å²) in [6, 6.07) is 7.23. The molecule has 0 unspecified atom stereocenters. The molecule has 0 amide bonds. The Labute approximate surface area is 125 Å². The van der Waals surface area contributed by atoms with Gasteiger partial charge >= 0.3 is 0 Å². The van der Waals surface area contributed by atoms with Crippen molar-refractivity contribution in [3.05, 3.63) is 24.3 Å². The molecule has 2 rings (SSSR count). The minimum Gasteiger partial charge on any atom is -0.493 e. The van der Waals surface area contributed by atoms with Crippen LogP contribution >= 0.6 is 0 Å². The van der Waals surface area contributed by atoms with Gasteiger partial charge in [-0.15, -0.1) is 0 Å². The summed E-state index contributed by atoms with van der Waals surface area (Å²) in [5, 5.41) is 0. The molecule has 1 aliphatic heterocycles. The molecule has 118 valence electrons. The number of nitrogens with zero attached hydrogens (tertiary/aromatic N) is 1. The Balaban J connectivity index is 1.78. The van der Waals surface area contributed by atoms with Crippen molar-refractivity contribution in [3.63, 3.8) is 0 Å². The van der Waals surface area contributed by atoms with Gasteiger partial charge in [0.25, 0.3) is 10.2 Å². The van der Waals surface area contributed by atoms with Gasteiger partial charge in [-0.05, 0) is 12.1 Å². The molecule has 1 N–H and O–H groups in total. The van der Waals surface area contributed by atoms with Gasteiger partial charge in [0.1, 0.15) is 6.61 Å². The quantitative estimate of drug-likeness (QED) is 0.729. The monoisotopic (exact) mass is 316 g/mol. The van der Waals surface area contributed by atoms with Crippen molar-refractivity contribution in [1.82, 2.24) is 9.03 Å². The Morgan fingerprint density at radius 1 is 1.24 bits per heavy atom. The second-order valence-corrected chi connectivity index (χ2v) is 6.17. The number of methoxy groups -OCH3 is 1. The van der Waals surface area contributed by atoms with E-state index in [0.717, 1.165) is 0 Å². The second kappa shape index (κ2) is 7.60. The van der Waals surface area contributed by atoms with Gasteiger partial charge in [-0.25, -0.2) is 0 Å². The fourth-order valence-corrected chi connectivity index (χ4v) is 3.10. The third kappa shape index (κ3) is 4.57. The summed E-state index contributed by atoms with van der Waals surface area (Å²) < 4.78 is 43.7. The SMILES string of the molecule is COc1ccccc1OCCNS(=O)(=O)N1CCOCC1. The van der Waals surface area contributed by atoms with Crippen molar-refractivity contribution in [1.29, 1.82) is 0 Å². The molecule has 0 bridgehead atoms. The van der Waals surface area contributed by atoms with Gasteiger partial charge < -0.3 is 14.2 Å². The highest BCUT2D eigenvalue weighted by atomic mass is 32.2. The van der Waals surface area contributed by atoms with E-state index in [0.29, 0.717) is 37.8 Å². The van der Waals surface area contributed by atoms with Crippen molar-refractivity contribution >= 4 is 10.2 Å². The Morgan fingerprint density at radius 3 is 2.57 bits per heavy atom. The van der Waals surface area contributed by atoms with E-state index in [4.69, 9.17) is 14.2 Å². The maximum atomic E-state index is 12.0. The molecule has 0 spiro atoms. The minimum atomic E-state index is -3.46. The van der Waals surface area contributed by atoms with Crippen molar-refractivity contribution in [2.45, 2.75) is 0 Å². The Hall–Kier alpha value is -1.35. The summed E-state index contributed by atoms with van der Waals surface area (Å²) in [5.41, 5.74) is 0. The van der Waals surface area contributed by atoms with Crippen molar-refractivity contribution in [2.75, 3.05) is 46.6 Å². The number of ether oxygens (including phenoxy) is 3. The first kappa shape index (κ1) is 16.0. The van der Waals surface area contributed by atoms with Crippen LogP contribution in [0.5, 0.6) is 11.5 Å². The van der Waals surface area contributed by atoms with E-state index >= 15 is 0 Å². The van der Waals surface area contributed by atoms with Crippen LogP contribution in [0.4, 0.5) is 0 Å². The maximum Gasteiger partial charge on any atom is 0.279 e. The van der Waals surface area contributed by atoms with Gasteiger partial charge in [0.05, 0.1) is 20.3 Å². The number of rotatable bonds is 7. The van der Waals surface area contributed by atoms with Crippen LogP contribution in [-0.2, 0) is 14.9 Å². The first-order valence-corrected chi connectivity index (χ1v) is 8.16. The number of benzene rings is 1. The van der Waals surface area contributed by atoms with Crippen LogP contribution in [-0.4, -0.2) is 59.3 Å². The van der Waals surface area contributed by atoms with Crippen molar-refractivity contribution in [3.8, 4) is 11.5 Å². The Kier molecular flexibility index (Phi) is 5.80. The first-order valence-electron chi connectivity index (χ1n) is 6.72. The normalized spacial score (nSPS) is 16.6. The largest absolute Gasteiger partial charge is 0.493 e. The van der Waals surface area contributed by atoms with Crippen molar-refractivity contribution < 1.29 is 22.6 Å². The van der Waals surface area contributed by atoms with Crippen molar-refractivity contribution in [2.24, 2.45) is 0 Å². The number of hydrogen-bond acceptors (Lipinski definition) is 5.